The largest absolute Gasteiger partial charge is 0.497 e. The number of carbonyl (C=O) groups excluding carboxylic acids is 1. The molecular formula is C19H23N3O4S. The molecule has 0 saturated heterocycles. The first kappa shape index (κ1) is 20.7. The zero-order valence-corrected chi connectivity index (χ0v) is 16.4. The lowest BCUT2D eigenvalue weighted by Gasteiger charge is -2.25. The second kappa shape index (κ2) is 9.94. The number of non-ortho nitro benzene ring substituents is 1. The highest BCUT2D eigenvalue weighted by molar-refractivity contribution is 8.00. The van der Waals surface area contributed by atoms with E-state index in [9.17, 15) is 14.9 Å². The number of nitro benzene ring substituents is 1. The van der Waals surface area contributed by atoms with Crippen molar-refractivity contribution >= 4 is 23.4 Å². The van der Waals surface area contributed by atoms with Crippen molar-refractivity contribution in [1.29, 1.82) is 0 Å². The molecule has 0 bridgehead atoms. The van der Waals surface area contributed by atoms with Crippen molar-refractivity contribution in [2.24, 2.45) is 0 Å². The third-order valence-electron chi connectivity index (χ3n) is 4.03. The third kappa shape index (κ3) is 6.26. The number of methoxy groups -OCH3 is 1. The van der Waals surface area contributed by atoms with Crippen LogP contribution in [0.5, 0.6) is 5.75 Å². The van der Waals surface area contributed by atoms with Crippen LogP contribution < -0.4 is 10.1 Å². The van der Waals surface area contributed by atoms with E-state index in [0.29, 0.717) is 6.54 Å². The van der Waals surface area contributed by atoms with Crippen LogP contribution in [-0.4, -0.2) is 49.2 Å². The van der Waals surface area contributed by atoms with Crippen LogP contribution in [0.2, 0.25) is 0 Å². The molecule has 0 aliphatic rings. The van der Waals surface area contributed by atoms with E-state index >= 15 is 0 Å². The van der Waals surface area contributed by atoms with Gasteiger partial charge in [-0.2, -0.15) is 0 Å². The number of amides is 1. The highest BCUT2D eigenvalue weighted by Gasteiger charge is 2.15. The molecule has 2 rings (SSSR count). The highest BCUT2D eigenvalue weighted by Crippen LogP contribution is 2.22. The maximum absolute atomic E-state index is 12.2. The first-order valence-corrected chi connectivity index (χ1v) is 9.33. The average molecular weight is 389 g/mol. The van der Waals surface area contributed by atoms with Gasteiger partial charge in [0.1, 0.15) is 5.75 Å². The molecule has 0 aromatic heterocycles. The van der Waals surface area contributed by atoms with Crippen molar-refractivity contribution in [1.82, 2.24) is 10.2 Å². The number of rotatable bonds is 9. The Hall–Kier alpha value is -2.58. The number of ether oxygens (including phenoxy) is 1. The van der Waals surface area contributed by atoms with Crippen molar-refractivity contribution in [2.45, 2.75) is 10.9 Å². The topological polar surface area (TPSA) is 84.7 Å². The van der Waals surface area contributed by atoms with E-state index in [1.54, 1.807) is 19.2 Å². The maximum atomic E-state index is 12.2. The molecule has 0 saturated carbocycles. The van der Waals surface area contributed by atoms with Crippen molar-refractivity contribution in [3.05, 3.63) is 64.2 Å². The molecule has 144 valence electrons. The maximum Gasteiger partial charge on any atom is 0.269 e. The van der Waals surface area contributed by atoms with Gasteiger partial charge < -0.3 is 15.0 Å². The van der Waals surface area contributed by atoms with Crippen LogP contribution in [0.25, 0.3) is 0 Å². The number of nitrogens with one attached hydrogen (secondary N) is 1. The van der Waals surface area contributed by atoms with Gasteiger partial charge in [-0.05, 0) is 43.9 Å². The second-order valence-electron chi connectivity index (χ2n) is 6.10. The highest BCUT2D eigenvalue weighted by atomic mass is 32.2. The normalized spacial score (nSPS) is 11.9. The van der Waals surface area contributed by atoms with Gasteiger partial charge in [-0.15, -0.1) is 11.8 Å². The van der Waals surface area contributed by atoms with Crippen molar-refractivity contribution < 1.29 is 14.5 Å². The summed E-state index contributed by atoms with van der Waals surface area (Å²) in [6, 6.07) is 14.0. The van der Waals surface area contributed by atoms with Crippen molar-refractivity contribution in [2.75, 3.05) is 33.5 Å². The summed E-state index contributed by atoms with van der Waals surface area (Å²) in [5.41, 5.74) is 1.13. The molecule has 0 fully saturated rings. The quantitative estimate of drug-likeness (QED) is 0.403. The minimum atomic E-state index is -0.443. The van der Waals surface area contributed by atoms with E-state index in [4.69, 9.17) is 4.74 Å². The van der Waals surface area contributed by atoms with Crippen molar-refractivity contribution in [3.8, 4) is 5.75 Å². The summed E-state index contributed by atoms with van der Waals surface area (Å²) in [5.74, 6) is 0.958. The summed E-state index contributed by atoms with van der Waals surface area (Å²) < 4.78 is 5.18. The molecule has 1 unspecified atom stereocenters. The SMILES string of the molecule is COc1ccc(C(CNC(=O)CSc2ccc([N+](=O)[O-])cc2)N(C)C)cc1. The molecule has 0 aliphatic carbocycles. The van der Waals surface area contributed by atoms with Gasteiger partial charge in [0.05, 0.1) is 23.8 Å². The molecule has 0 heterocycles. The Morgan fingerprint density at radius 2 is 1.81 bits per heavy atom. The van der Waals surface area contributed by atoms with Crippen LogP contribution in [-0.2, 0) is 4.79 Å². The van der Waals surface area contributed by atoms with Crippen LogP contribution in [0.1, 0.15) is 11.6 Å². The van der Waals surface area contributed by atoms with Gasteiger partial charge in [-0.25, -0.2) is 0 Å². The lowest BCUT2D eigenvalue weighted by Crippen LogP contribution is -2.35. The van der Waals surface area contributed by atoms with Gasteiger partial charge in [-0.1, -0.05) is 12.1 Å². The van der Waals surface area contributed by atoms with E-state index in [1.807, 2.05) is 43.3 Å². The number of hydrogen-bond donors (Lipinski definition) is 1. The Morgan fingerprint density at radius 1 is 1.19 bits per heavy atom. The predicted octanol–water partition coefficient (Wildman–Crippen LogP) is 3.11. The molecule has 2 aromatic carbocycles. The summed E-state index contributed by atoms with van der Waals surface area (Å²) in [6.07, 6.45) is 0. The van der Waals surface area contributed by atoms with E-state index in [0.717, 1.165) is 16.2 Å². The van der Waals surface area contributed by atoms with Crippen LogP contribution in [0.3, 0.4) is 0 Å². The molecule has 0 radical (unpaired) electrons. The number of hydrogen-bond acceptors (Lipinski definition) is 6. The smallest absolute Gasteiger partial charge is 0.269 e. The van der Waals surface area contributed by atoms with Gasteiger partial charge in [0, 0.05) is 23.6 Å². The van der Waals surface area contributed by atoms with E-state index < -0.39 is 4.92 Å². The fraction of sp³-hybridized carbons (Fsp3) is 0.316. The standard InChI is InChI=1S/C19H23N3O4S/c1-21(2)18(14-4-8-16(26-3)9-5-14)12-20-19(23)13-27-17-10-6-15(7-11-17)22(24)25/h4-11,18H,12-13H2,1-3H3,(H,20,23). The minimum Gasteiger partial charge on any atom is -0.497 e. The van der Waals surface area contributed by atoms with Gasteiger partial charge in [0.25, 0.3) is 5.69 Å². The fourth-order valence-corrected chi connectivity index (χ4v) is 3.23. The Morgan fingerprint density at radius 3 is 2.33 bits per heavy atom. The fourth-order valence-electron chi connectivity index (χ4n) is 2.50. The van der Waals surface area contributed by atoms with Crippen LogP contribution in [0.15, 0.2) is 53.4 Å². The zero-order valence-electron chi connectivity index (χ0n) is 15.5. The minimum absolute atomic E-state index is 0.0390. The first-order valence-electron chi connectivity index (χ1n) is 8.35. The van der Waals surface area contributed by atoms with Gasteiger partial charge in [-0.3, -0.25) is 14.9 Å². The number of thioether (sulfide) groups is 1. The number of nitro groups is 1. The summed E-state index contributed by atoms with van der Waals surface area (Å²) in [7, 11) is 5.56. The van der Waals surface area contributed by atoms with Crippen LogP contribution in [0.4, 0.5) is 5.69 Å². The lowest BCUT2D eigenvalue weighted by atomic mass is 10.1. The number of carbonyl (C=O) groups is 1. The monoisotopic (exact) mass is 389 g/mol. The molecule has 0 spiro atoms. The Kier molecular flexibility index (Phi) is 7.63. The summed E-state index contributed by atoms with van der Waals surface area (Å²) >= 11 is 1.34. The summed E-state index contributed by atoms with van der Waals surface area (Å²) in [5, 5.41) is 13.6. The molecule has 27 heavy (non-hydrogen) atoms. The Labute approximate surface area is 162 Å². The first-order chi connectivity index (χ1) is 12.9. The van der Waals surface area contributed by atoms with E-state index in [1.165, 1.54) is 23.9 Å². The molecule has 1 atom stereocenters. The van der Waals surface area contributed by atoms with Gasteiger partial charge >= 0.3 is 0 Å². The van der Waals surface area contributed by atoms with Crippen molar-refractivity contribution in [3.63, 3.8) is 0 Å². The second-order valence-corrected chi connectivity index (χ2v) is 7.15. The predicted molar refractivity (Wildman–Crippen MR) is 106 cm³/mol. The molecule has 2 aromatic rings. The zero-order chi connectivity index (χ0) is 19.8. The Bertz CT molecular complexity index is 764. The third-order valence-corrected chi connectivity index (χ3v) is 5.05. The van der Waals surface area contributed by atoms with E-state index in [2.05, 4.69) is 5.32 Å². The molecular weight excluding hydrogens is 366 g/mol. The average Bonchev–Trinajstić information content (AvgIpc) is 2.67. The summed E-state index contributed by atoms with van der Waals surface area (Å²) in [6.45, 7) is 0.485. The molecule has 7 nitrogen and oxygen atoms in total. The van der Waals surface area contributed by atoms with E-state index in [-0.39, 0.29) is 23.4 Å². The van der Waals surface area contributed by atoms with Crippen LogP contribution >= 0.6 is 11.8 Å². The molecule has 8 heteroatoms. The van der Waals surface area contributed by atoms with Gasteiger partial charge in [0.15, 0.2) is 0 Å². The lowest BCUT2D eigenvalue weighted by molar-refractivity contribution is -0.384. The number of benzene rings is 2. The molecule has 1 amide bonds. The number of nitrogens with zero attached hydrogens (tertiary/aromatic N) is 2. The van der Waals surface area contributed by atoms with Gasteiger partial charge in [0.2, 0.25) is 5.91 Å². The van der Waals surface area contributed by atoms with Crippen LogP contribution in [0, 0.1) is 10.1 Å². The number of likely N-dealkylation sites (N-methyl/N-ethyl adjacent to an activating group) is 1. The summed E-state index contributed by atoms with van der Waals surface area (Å²) in [4.78, 5) is 25.2. The Balaban J connectivity index is 1.86. The molecule has 1 N–H and O–H groups in total. The molecule has 0 aliphatic heterocycles.